The lowest BCUT2D eigenvalue weighted by Crippen LogP contribution is -2.48. The van der Waals surface area contributed by atoms with Gasteiger partial charge in [0.2, 0.25) is 5.91 Å². The lowest BCUT2D eigenvalue weighted by atomic mass is 9.93. The van der Waals surface area contributed by atoms with Crippen molar-refractivity contribution in [1.82, 2.24) is 9.47 Å². The lowest BCUT2D eigenvalue weighted by molar-refractivity contribution is -0.113. The Morgan fingerprint density at radius 2 is 1.47 bits per heavy atom. The second-order valence-electron chi connectivity index (χ2n) is 13.9. The van der Waals surface area contributed by atoms with Crippen LogP contribution in [0.1, 0.15) is 31.8 Å². The quantitative estimate of drug-likeness (QED) is 0.112. The van der Waals surface area contributed by atoms with Crippen molar-refractivity contribution in [2.75, 3.05) is 29.6 Å². The maximum atomic E-state index is 15.1. The predicted molar refractivity (Wildman–Crippen MR) is 230 cm³/mol. The molecule has 0 aliphatic carbocycles. The van der Waals surface area contributed by atoms with Crippen molar-refractivity contribution in [1.29, 1.82) is 0 Å². The molecule has 7 aromatic rings. The molecule has 0 fully saturated rings. The molecule has 0 unspecified atom stereocenters. The monoisotopic (exact) mass is 787 g/mol. The molecule has 0 radical (unpaired) electrons. The molecule has 1 aromatic heterocycles. The van der Waals surface area contributed by atoms with Crippen LogP contribution in [-0.2, 0) is 17.8 Å². The van der Waals surface area contributed by atoms with Gasteiger partial charge in [-0.3, -0.25) is 19.3 Å². The largest absolute Gasteiger partial charge is 0.508 e. The van der Waals surface area contributed by atoms with E-state index in [0.717, 1.165) is 16.0 Å². The highest BCUT2D eigenvalue weighted by molar-refractivity contribution is 8.00. The first-order chi connectivity index (χ1) is 28.3. The first-order valence-electron chi connectivity index (χ1n) is 18.9. The molecule has 0 saturated heterocycles. The van der Waals surface area contributed by atoms with Gasteiger partial charge in [-0.25, -0.2) is 0 Å². The Morgan fingerprint density at radius 3 is 2.19 bits per heavy atom. The smallest absolute Gasteiger partial charge is 0.265 e. The average Bonchev–Trinajstić information content (AvgIpc) is 3.66. The second kappa shape index (κ2) is 16.7. The van der Waals surface area contributed by atoms with Crippen LogP contribution in [-0.4, -0.2) is 57.7 Å². The third-order valence-corrected chi connectivity index (χ3v) is 11.4. The molecule has 0 bridgehead atoms. The van der Waals surface area contributed by atoms with Crippen LogP contribution in [0.2, 0.25) is 0 Å². The molecular weight excluding hydrogens is 747 g/mol. The van der Waals surface area contributed by atoms with Crippen LogP contribution in [0.5, 0.6) is 11.5 Å². The molecule has 1 aliphatic heterocycles. The molecule has 58 heavy (non-hydrogen) atoms. The van der Waals surface area contributed by atoms with Crippen LogP contribution in [0, 0.1) is 0 Å². The number of fused-ring (bicyclic) bond motifs is 2. The van der Waals surface area contributed by atoms with Crippen molar-refractivity contribution in [3.05, 3.63) is 174 Å². The number of carbonyl (C=O) groups excluding carboxylic acids is 3. The Labute approximate surface area is 340 Å². The lowest BCUT2D eigenvalue weighted by Gasteiger charge is -2.37. The van der Waals surface area contributed by atoms with E-state index in [1.165, 1.54) is 18.9 Å². The molecule has 2 heterocycles. The van der Waals surface area contributed by atoms with Crippen molar-refractivity contribution < 1.29 is 24.2 Å². The molecule has 1 aliphatic rings. The summed E-state index contributed by atoms with van der Waals surface area (Å²) < 4.78 is 7.73. The number of benzene rings is 6. The Morgan fingerprint density at radius 1 is 0.810 bits per heavy atom. The van der Waals surface area contributed by atoms with Gasteiger partial charge in [0.15, 0.2) is 0 Å². The van der Waals surface area contributed by atoms with Crippen LogP contribution in [0.4, 0.5) is 17.1 Å². The summed E-state index contributed by atoms with van der Waals surface area (Å²) in [6.45, 7) is 0.607. The zero-order chi connectivity index (χ0) is 40.2. The number of nitrogens with two attached hydrogens (primary N) is 1. The summed E-state index contributed by atoms with van der Waals surface area (Å²) in [7, 11) is 1.51. The van der Waals surface area contributed by atoms with Crippen molar-refractivity contribution in [2.24, 2.45) is 5.73 Å². The molecule has 11 heteroatoms. The van der Waals surface area contributed by atoms with Gasteiger partial charge in [0.1, 0.15) is 11.5 Å². The number of ether oxygens (including phenoxy) is 1. The fourth-order valence-corrected chi connectivity index (χ4v) is 8.20. The van der Waals surface area contributed by atoms with Crippen molar-refractivity contribution in [3.8, 4) is 17.2 Å². The number of hydrogen-bond donors (Lipinski definition) is 3. The number of aromatic nitrogens is 1. The average molecular weight is 788 g/mol. The van der Waals surface area contributed by atoms with Gasteiger partial charge < -0.3 is 30.4 Å². The van der Waals surface area contributed by atoms with Gasteiger partial charge in [-0.1, -0.05) is 78.9 Å². The molecular formula is C47H41N5O5S. The maximum Gasteiger partial charge on any atom is 0.265 e. The number of thioether (sulfide) groups is 1. The number of para-hydroxylation sites is 2. The molecule has 6 aromatic carbocycles. The fraction of sp³-hybridized carbons (Fsp3) is 0.128. The van der Waals surface area contributed by atoms with Gasteiger partial charge in [0, 0.05) is 53.1 Å². The zero-order valence-corrected chi connectivity index (χ0v) is 32.6. The molecule has 290 valence electrons. The van der Waals surface area contributed by atoms with E-state index in [4.69, 9.17) is 10.5 Å². The van der Waals surface area contributed by atoms with Crippen molar-refractivity contribution in [3.63, 3.8) is 0 Å². The van der Waals surface area contributed by atoms with Gasteiger partial charge in [0.25, 0.3) is 11.8 Å². The summed E-state index contributed by atoms with van der Waals surface area (Å²) in [5, 5.41) is 13.7. The summed E-state index contributed by atoms with van der Waals surface area (Å²) in [6, 6.07) is 44.1. The van der Waals surface area contributed by atoms with E-state index in [9.17, 15) is 14.7 Å². The Hall–Kier alpha value is -6.82. The number of aromatic hydroxyl groups is 1. The maximum absolute atomic E-state index is 15.1. The van der Waals surface area contributed by atoms with E-state index < -0.39 is 0 Å². The normalized spacial score (nSPS) is 13.5. The predicted octanol–water partition coefficient (Wildman–Crippen LogP) is 8.58. The third-order valence-electron chi connectivity index (χ3n) is 10.4. The minimum atomic E-state index is -0.317. The molecule has 0 saturated carbocycles. The van der Waals surface area contributed by atoms with Gasteiger partial charge in [-0.05, 0) is 78.2 Å². The van der Waals surface area contributed by atoms with Gasteiger partial charge >= 0.3 is 0 Å². The third kappa shape index (κ3) is 7.65. The van der Waals surface area contributed by atoms with E-state index in [1.54, 1.807) is 52.4 Å². The molecule has 4 N–H and O–H groups in total. The highest BCUT2D eigenvalue weighted by Gasteiger charge is 2.33. The summed E-state index contributed by atoms with van der Waals surface area (Å²) in [6.07, 6.45) is 2.34. The first-order valence-corrected chi connectivity index (χ1v) is 19.9. The number of nitrogens with zero attached hydrogens (tertiary/aromatic N) is 3. The highest BCUT2D eigenvalue weighted by atomic mass is 32.2. The van der Waals surface area contributed by atoms with Gasteiger partial charge in [0.05, 0.1) is 40.9 Å². The Balaban J connectivity index is 1.26. The minimum Gasteiger partial charge on any atom is -0.508 e. The number of phenolic OH excluding ortho intramolecular Hbond substituents is 1. The summed E-state index contributed by atoms with van der Waals surface area (Å²) in [5.41, 5.74) is 11.9. The molecule has 8 rings (SSSR count). The number of phenols is 1. The van der Waals surface area contributed by atoms with E-state index in [1.807, 2.05) is 108 Å². The number of amides is 3. The Bertz CT molecular complexity index is 2610. The van der Waals surface area contributed by atoms with E-state index in [0.29, 0.717) is 63.5 Å². The summed E-state index contributed by atoms with van der Waals surface area (Å²) in [4.78, 5) is 47.8. The topological polar surface area (TPSA) is 130 Å². The van der Waals surface area contributed by atoms with E-state index in [-0.39, 0.29) is 41.8 Å². The number of carbonyl (C=O) groups is 3. The molecule has 10 nitrogen and oxygen atoms in total. The summed E-state index contributed by atoms with van der Waals surface area (Å²) in [5.74, 6) is -0.303. The molecule has 0 spiro atoms. The fourth-order valence-electron chi connectivity index (χ4n) is 7.48. The van der Waals surface area contributed by atoms with E-state index in [2.05, 4.69) is 11.4 Å². The molecule has 1 atom stereocenters. The standard InChI is InChI=1S/C47H41N5O5S/c1-57-44-26-43(51-29-40(38-18-10-11-19-42(38)51)47(56)52(33-14-4-2-5-15-33)34-20-22-36(53)23-21-34)39(25-41(44)49-45(54)30-58-37-16-6-3-7-17-37)46(55)50-28-32-13-9-8-12-31(32)24-35(50)27-48/h2-23,25-26,29,35,53H,24,27-28,30,48H2,1H3,(H,49,54)/t35-/m0/s1. The number of nitrogens with one attached hydrogen (secondary N) is 1. The Kier molecular flexibility index (Phi) is 11.0. The molecule has 3 amide bonds. The van der Waals surface area contributed by atoms with Crippen LogP contribution in [0.25, 0.3) is 16.6 Å². The number of rotatable bonds is 11. The van der Waals surface area contributed by atoms with Crippen LogP contribution < -0.4 is 20.7 Å². The van der Waals surface area contributed by atoms with Gasteiger partial charge in [-0.15, -0.1) is 11.8 Å². The van der Waals surface area contributed by atoms with Gasteiger partial charge in [-0.2, -0.15) is 0 Å². The summed E-state index contributed by atoms with van der Waals surface area (Å²) >= 11 is 1.40. The zero-order valence-electron chi connectivity index (χ0n) is 31.7. The van der Waals surface area contributed by atoms with Crippen molar-refractivity contribution in [2.45, 2.75) is 23.9 Å². The number of hydrogen-bond acceptors (Lipinski definition) is 7. The first kappa shape index (κ1) is 38.1. The second-order valence-corrected chi connectivity index (χ2v) is 15.0. The highest BCUT2D eigenvalue weighted by Crippen LogP contribution is 2.38. The van der Waals surface area contributed by atoms with E-state index >= 15 is 4.79 Å². The van der Waals surface area contributed by atoms with Crippen LogP contribution in [0.3, 0.4) is 0 Å². The van der Waals surface area contributed by atoms with Crippen LogP contribution >= 0.6 is 11.8 Å². The SMILES string of the molecule is COc1cc(-n2cc(C(=O)N(c3ccccc3)c3ccc(O)cc3)c3ccccc32)c(C(=O)N2Cc3ccccc3C[C@H]2CN)cc1NC(=O)CSc1ccccc1. The van der Waals surface area contributed by atoms with Crippen LogP contribution in [0.15, 0.2) is 157 Å². The number of anilines is 3. The van der Waals surface area contributed by atoms with Crippen molar-refractivity contribution >= 4 is 57.4 Å². The minimum absolute atomic E-state index is 0.0793. The number of methoxy groups -OCH3 is 1.